The minimum atomic E-state index is -1.28. The molecule has 3 rings (SSSR count). The van der Waals surface area contributed by atoms with Gasteiger partial charge in [0.15, 0.2) is 0 Å². The molecule has 0 saturated heterocycles. The molecule has 2 aromatic carbocycles. The van der Waals surface area contributed by atoms with Crippen molar-refractivity contribution in [2.45, 2.75) is 11.3 Å². The number of alkyl halides is 1. The van der Waals surface area contributed by atoms with Crippen LogP contribution in [0.4, 0.5) is 0 Å². The normalized spacial score (nSPS) is 18.9. The third-order valence-corrected chi connectivity index (χ3v) is 4.66. The Morgan fingerprint density at radius 1 is 1.12 bits per heavy atom. The number of benzene rings is 2. The van der Waals surface area contributed by atoms with Gasteiger partial charge in [0.1, 0.15) is 5.75 Å². The average Bonchev–Trinajstić information content (AvgIpc) is 2.62. The molecule has 0 N–H and O–H groups in total. The molecule has 1 unspecified atom stereocenters. The van der Waals surface area contributed by atoms with Crippen molar-refractivity contribution in [3.8, 4) is 5.75 Å². The van der Waals surface area contributed by atoms with E-state index in [1.165, 1.54) is 12.1 Å². The Kier molecular flexibility index (Phi) is 5.16. The molecule has 1 aliphatic rings. The third kappa shape index (κ3) is 3.82. The number of esters is 1. The number of carbonyl (C=O) groups excluding carboxylic acids is 2. The van der Waals surface area contributed by atoms with E-state index >= 15 is 0 Å². The number of rotatable bonds is 4. The highest BCUT2D eigenvalue weighted by Crippen LogP contribution is 2.43. The van der Waals surface area contributed by atoms with Crippen molar-refractivity contribution >= 4 is 35.1 Å². The van der Waals surface area contributed by atoms with Crippen molar-refractivity contribution in [3.05, 3.63) is 88.5 Å². The van der Waals surface area contributed by atoms with Crippen LogP contribution >= 0.6 is 23.2 Å². The maximum absolute atomic E-state index is 12.4. The Morgan fingerprint density at radius 2 is 1.88 bits per heavy atom. The van der Waals surface area contributed by atoms with Crippen molar-refractivity contribution in [3.63, 3.8) is 0 Å². The molecule has 0 aliphatic heterocycles. The summed E-state index contributed by atoms with van der Waals surface area (Å²) in [5.74, 6) is -1.62. The van der Waals surface area contributed by atoms with Crippen LogP contribution in [0.5, 0.6) is 5.75 Å². The minimum Gasteiger partial charge on any atom is -0.545 e. The van der Waals surface area contributed by atoms with E-state index < -0.39 is 16.8 Å². The van der Waals surface area contributed by atoms with E-state index in [-0.39, 0.29) is 17.7 Å². The van der Waals surface area contributed by atoms with Crippen LogP contribution in [0.1, 0.15) is 22.3 Å². The topological polar surface area (TPSA) is 66.4 Å². The maximum Gasteiger partial charge on any atom is 0.343 e. The zero-order chi connectivity index (χ0) is 18.7. The smallest absolute Gasteiger partial charge is 0.343 e. The summed E-state index contributed by atoms with van der Waals surface area (Å²) in [6, 6.07) is 13.1. The van der Waals surface area contributed by atoms with E-state index in [0.29, 0.717) is 16.1 Å². The van der Waals surface area contributed by atoms with Crippen LogP contribution in [0, 0.1) is 0 Å². The number of hydrogen-bond donors (Lipinski definition) is 0. The van der Waals surface area contributed by atoms with Crippen molar-refractivity contribution in [2.24, 2.45) is 0 Å². The molecule has 26 heavy (non-hydrogen) atoms. The molecule has 132 valence electrons. The Hall–Kier alpha value is -2.56. The first-order valence-electron chi connectivity index (χ1n) is 7.75. The first-order chi connectivity index (χ1) is 12.4. The molecule has 4 nitrogen and oxygen atoms in total. The summed E-state index contributed by atoms with van der Waals surface area (Å²) in [4.78, 5) is 22.4. The molecule has 2 aromatic rings. The van der Waals surface area contributed by atoms with Crippen molar-refractivity contribution < 1.29 is 19.4 Å². The van der Waals surface area contributed by atoms with E-state index in [0.717, 1.165) is 0 Å². The number of ether oxygens (including phenoxy) is 1. The zero-order valence-electron chi connectivity index (χ0n) is 13.4. The van der Waals surface area contributed by atoms with Gasteiger partial charge in [0.05, 0.1) is 16.4 Å². The standard InChI is InChI=1S/C20H14Cl2O4/c21-15-7-3-5-13(11-15)19(25)26-17-9-2-1-8-16(17)20(22)10-4-6-14(12-20)18(23)24/h1-11H,12H2,(H,23,24)/p-1. The van der Waals surface area contributed by atoms with Gasteiger partial charge < -0.3 is 14.6 Å². The fourth-order valence-electron chi connectivity index (χ4n) is 2.71. The Balaban J connectivity index is 1.92. The molecular formula is C20H13Cl2O4-. The van der Waals surface area contributed by atoms with Gasteiger partial charge in [-0.1, -0.05) is 54.1 Å². The number of aliphatic carboxylic acids is 1. The first-order valence-corrected chi connectivity index (χ1v) is 8.50. The molecule has 0 heterocycles. The molecule has 6 heteroatoms. The molecule has 0 amide bonds. The van der Waals surface area contributed by atoms with Gasteiger partial charge in [0.25, 0.3) is 0 Å². The number of allylic oxidation sites excluding steroid dienone is 3. The third-order valence-electron chi connectivity index (χ3n) is 3.97. The van der Waals surface area contributed by atoms with E-state index in [1.54, 1.807) is 54.6 Å². The number of para-hydroxylation sites is 1. The van der Waals surface area contributed by atoms with Crippen LogP contribution in [0.25, 0.3) is 0 Å². The Bertz CT molecular complexity index is 933. The monoisotopic (exact) mass is 387 g/mol. The highest BCUT2D eigenvalue weighted by Gasteiger charge is 2.33. The van der Waals surface area contributed by atoms with Gasteiger partial charge in [-0.2, -0.15) is 0 Å². The zero-order valence-corrected chi connectivity index (χ0v) is 15.0. The summed E-state index contributed by atoms with van der Waals surface area (Å²) in [6.07, 6.45) is 4.67. The van der Waals surface area contributed by atoms with Gasteiger partial charge in [-0.25, -0.2) is 4.79 Å². The Labute approximate surface area is 160 Å². The number of carboxylic acid groups (broad SMARTS) is 1. The predicted octanol–water partition coefficient (Wildman–Crippen LogP) is 3.63. The van der Waals surface area contributed by atoms with Crippen LogP contribution in [0.15, 0.2) is 72.3 Å². The number of carbonyl (C=O) groups is 2. The van der Waals surface area contributed by atoms with E-state index in [2.05, 4.69) is 0 Å². The lowest BCUT2D eigenvalue weighted by Gasteiger charge is -2.29. The second-order valence-electron chi connectivity index (χ2n) is 5.77. The molecular weight excluding hydrogens is 375 g/mol. The molecule has 1 aliphatic carbocycles. The van der Waals surface area contributed by atoms with E-state index in [9.17, 15) is 14.7 Å². The minimum absolute atomic E-state index is 0.0130. The highest BCUT2D eigenvalue weighted by molar-refractivity contribution is 6.31. The molecule has 0 spiro atoms. The van der Waals surface area contributed by atoms with Crippen LogP contribution in [0.3, 0.4) is 0 Å². The number of halogens is 2. The van der Waals surface area contributed by atoms with Crippen LogP contribution in [-0.4, -0.2) is 11.9 Å². The fourth-order valence-corrected chi connectivity index (χ4v) is 3.27. The lowest BCUT2D eigenvalue weighted by atomic mass is 9.87. The van der Waals surface area contributed by atoms with Crippen LogP contribution in [-0.2, 0) is 9.67 Å². The molecule has 0 radical (unpaired) electrons. The summed E-state index contributed by atoms with van der Waals surface area (Å²) < 4.78 is 5.50. The number of carboxylic acids is 1. The average molecular weight is 388 g/mol. The second kappa shape index (κ2) is 7.36. The van der Waals surface area contributed by atoms with Gasteiger partial charge in [-0.3, -0.25) is 0 Å². The predicted molar refractivity (Wildman–Crippen MR) is 97.2 cm³/mol. The van der Waals surface area contributed by atoms with Gasteiger partial charge in [-0.05, 0) is 29.8 Å². The van der Waals surface area contributed by atoms with Crippen molar-refractivity contribution in [2.75, 3.05) is 0 Å². The summed E-state index contributed by atoms with van der Waals surface area (Å²) in [5, 5.41) is 11.6. The molecule has 1 atom stereocenters. The van der Waals surface area contributed by atoms with Gasteiger partial charge in [0, 0.05) is 17.0 Å². The molecule has 0 bridgehead atoms. The van der Waals surface area contributed by atoms with Crippen LogP contribution in [0.2, 0.25) is 5.02 Å². The molecule has 0 fully saturated rings. The Morgan fingerprint density at radius 3 is 2.62 bits per heavy atom. The largest absolute Gasteiger partial charge is 0.545 e. The summed E-state index contributed by atoms with van der Waals surface area (Å²) >= 11 is 12.6. The number of hydrogen-bond acceptors (Lipinski definition) is 4. The second-order valence-corrected chi connectivity index (χ2v) is 6.88. The van der Waals surface area contributed by atoms with Gasteiger partial charge in [0.2, 0.25) is 0 Å². The van der Waals surface area contributed by atoms with Gasteiger partial charge >= 0.3 is 5.97 Å². The van der Waals surface area contributed by atoms with Crippen molar-refractivity contribution in [1.29, 1.82) is 0 Å². The first kappa shape index (κ1) is 18.2. The summed E-state index contributed by atoms with van der Waals surface area (Å²) in [7, 11) is 0. The SMILES string of the molecule is O=C([O-])C1=CC=CC(Cl)(c2ccccc2OC(=O)c2cccc(Cl)c2)C1. The van der Waals surface area contributed by atoms with Crippen molar-refractivity contribution in [1.82, 2.24) is 0 Å². The molecule has 0 saturated carbocycles. The lowest BCUT2D eigenvalue weighted by molar-refractivity contribution is -0.299. The van der Waals surface area contributed by atoms with E-state index in [4.69, 9.17) is 27.9 Å². The highest BCUT2D eigenvalue weighted by atomic mass is 35.5. The fraction of sp³-hybridized carbons (Fsp3) is 0.100. The maximum atomic E-state index is 12.4. The van der Waals surface area contributed by atoms with E-state index in [1.807, 2.05) is 0 Å². The quantitative estimate of drug-likeness (QED) is 0.456. The summed E-state index contributed by atoms with van der Waals surface area (Å²) in [6.45, 7) is 0. The van der Waals surface area contributed by atoms with Crippen LogP contribution < -0.4 is 9.84 Å². The van der Waals surface area contributed by atoms with Gasteiger partial charge in [-0.15, -0.1) is 11.6 Å². The molecule has 0 aromatic heterocycles. The summed E-state index contributed by atoms with van der Waals surface area (Å²) in [5.41, 5.74) is 0.851. The lowest BCUT2D eigenvalue weighted by Crippen LogP contribution is -2.30.